The van der Waals surface area contributed by atoms with Crippen LogP contribution in [0.4, 0.5) is 33.6 Å². The number of carbonyl (C=O) groups is 3. The van der Waals surface area contributed by atoms with E-state index in [0.717, 1.165) is 36.6 Å². The van der Waals surface area contributed by atoms with Gasteiger partial charge in [0.25, 0.3) is 11.8 Å². The van der Waals surface area contributed by atoms with Gasteiger partial charge in [-0.05, 0) is 91.8 Å². The van der Waals surface area contributed by atoms with Gasteiger partial charge in [-0.2, -0.15) is 4.98 Å². The van der Waals surface area contributed by atoms with Crippen molar-refractivity contribution in [1.29, 1.82) is 0 Å². The molecule has 0 radical (unpaired) electrons. The van der Waals surface area contributed by atoms with Gasteiger partial charge in [0, 0.05) is 35.6 Å². The maximum atomic E-state index is 14.5. The van der Waals surface area contributed by atoms with E-state index in [-0.39, 0.29) is 30.9 Å². The summed E-state index contributed by atoms with van der Waals surface area (Å²) in [6.07, 6.45) is 2.07. The maximum absolute atomic E-state index is 14.5. The van der Waals surface area contributed by atoms with Crippen LogP contribution < -0.4 is 19.9 Å². The molecule has 13 heteroatoms. The third-order valence-electron chi connectivity index (χ3n) is 9.36. The third kappa shape index (κ3) is 7.54. The van der Waals surface area contributed by atoms with E-state index in [1.807, 2.05) is 48.5 Å². The average molecular weight is 751 g/mol. The minimum absolute atomic E-state index is 0.172. The van der Waals surface area contributed by atoms with Crippen molar-refractivity contribution < 1.29 is 19.1 Å². The molecule has 4 aromatic carbocycles. The Morgan fingerprint density at radius 1 is 0.868 bits per heavy atom. The summed E-state index contributed by atoms with van der Waals surface area (Å²) in [6, 6.07) is 26.4. The summed E-state index contributed by atoms with van der Waals surface area (Å²) in [6.45, 7) is 8.01. The van der Waals surface area contributed by atoms with E-state index in [1.54, 1.807) is 53.6 Å². The van der Waals surface area contributed by atoms with Crippen LogP contribution >= 0.6 is 23.2 Å². The molecule has 7 rings (SSSR count). The fourth-order valence-corrected chi connectivity index (χ4v) is 6.97. The van der Waals surface area contributed by atoms with Crippen molar-refractivity contribution in [2.24, 2.45) is 0 Å². The van der Waals surface area contributed by atoms with E-state index in [0.29, 0.717) is 62.9 Å². The molecule has 3 heterocycles. The first kappa shape index (κ1) is 35.9. The zero-order chi connectivity index (χ0) is 37.1. The average Bonchev–Trinajstić information content (AvgIpc) is 3.41. The topological polar surface area (TPSA) is 111 Å². The summed E-state index contributed by atoms with van der Waals surface area (Å²) in [7, 11) is 0. The molecule has 0 saturated heterocycles. The number of ether oxygens (including phenoxy) is 1. The molecule has 0 atom stereocenters. The Labute approximate surface area is 317 Å². The molecule has 0 aliphatic carbocycles. The first-order chi connectivity index (χ1) is 25.7. The highest BCUT2D eigenvalue weighted by Gasteiger charge is 2.36. The largest absolute Gasteiger partial charge is 0.492 e. The highest BCUT2D eigenvalue weighted by Crippen LogP contribution is 2.39. The molecule has 0 spiro atoms. The molecular weight excluding hydrogens is 713 g/mol. The van der Waals surface area contributed by atoms with E-state index >= 15 is 0 Å². The molecule has 0 fully saturated rings. The van der Waals surface area contributed by atoms with Gasteiger partial charge in [0.15, 0.2) is 5.82 Å². The number of nitrogens with one attached hydrogen (secondary N) is 1. The lowest BCUT2D eigenvalue weighted by Crippen LogP contribution is -2.45. The van der Waals surface area contributed by atoms with E-state index in [4.69, 9.17) is 32.9 Å². The number of urea groups is 1. The molecule has 11 nitrogen and oxygen atoms in total. The molecule has 2 aliphatic heterocycles. The van der Waals surface area contributed by atoms with Crippen LogP contribution in [0.5, 0.6) is 5.75 Å². The Hall–Kier alpha value is -5.49. The van der Waals surface area contributed by atoms with Crippen LogP contribution in [-0.4, -0.2) is 70.4 Å². The zero-order valence-electron chi connectivity index (χ0n) is 29.3. The van der Waals surface area contributed by atoms with E-state index < -0.39 is 0 Å². The molecular formula is C40H37Cl2N7O4. The molecule has 0 bridgehead atoms. The van der Waals surface area contributed by atoms with Crippen molar-refractivity contribution in [1.82, 2.24) is 19.8 Å². The summed E-state index contributed by atoms with van der Waals surface area (Å²) in [5, 5.41) is 4.03. The number of hydrogen-bond acceptors (Lipinski definition) is 8. The van der Waals surface area contributed by atoms with Crippen LogP contribution in [0.25, 0.3) is 0 Å². The number of benzene rings is 4. The van der Waals surface area contributed by atoms with Gasteiger partial charge in [-0.3, -0.25) is 19.4 Å². The van der Waals surface area contributed by atoms with Crippen LogP contribution in [0, 0.1) is 0 Å². The first-order valence-electron chi connectivity index (χ1n) is 17.4. The second kappa shape index (κ2) is 15.6. The fraction of sp³-hybridized carbons (Fsp3) is 0.225. The van der Waals surface area contributed by atoms with Crippen LogP contribution in [0.1, 0.15) is 45.7 Å². The molecule has 1 aromatic heterocycles. The van der Waals surface area contributed by atoms with Gasteiger partial charge in [0.05, 0.1) is 34.1 Å². The first-order valence-corrected chi connectivity index (χ1v) is 18.2. The molecule has 1 N–H and O–H groups in total. The molecule has 0 unspecified atom stereocenters. The minimum atomic E-state index is -0.380. The lowest BCUT2D eigenvalue weighted by Gasteiger charge is -2.36. The quantitative estimate of drug-likeness (QED) is 0.120. The second-order valence-electron chi connectivity index (χ2n) is 12.6. The summed E-state index contributed by atoms with van der Waals surface area (Å²) in [4.78, 5) is 56.5. The minimum Gasteiger partial charge on any atom is -0.492 e. The highest BCUT2D eigenvalue weighted by atomic mass is 35.5. The SMILES string of the molecule is CCN(CC)CCOc1ccc(Nc2ncc3c(n2)N(c2cccc(CCN4C(=O)c5ccccc5C4=O)c2)C(=O)N(c2ccc(Cl)cc2Cl)C3)cc1. The monoisotopic (exact) mass is 749 g/mol. The molecule has 0 saturated carbocycles. The predicted octanol–water partition coefficient (Wildman–Crippen LogP) is 8.36. The van der Waals surface area contributed by atoms with E-state index in [2.05, 4.69) is 29.0 Å². The third-order valence-corrected chi connectivity index (χ3v) is 9.89. The number of hydrogen-bond donors (Lipinski definition) is 1. The number of rotatable bonds is 13. The van der Waals surface area contributed by atoms with Gasteiger partial charge in [0.1, 0.15) is 12.4 Å². The number of likely N-dealkylation sites (N-methyl/N-ethyl adjacent to an activating group) is 1. The molecule has 270 valence electrons. The van der Waals surface area contributed by atoms with Crippen molar-refractivity contribution in [2.75, 3.05) is 47.9 Å². The van der Waals surface area contributed by atoms with Crippen molar-refractivity contribution >= 4 is 69.9 Å². The molecule has 4 amide bonds. The van der Waals surface area contributed by atoms with Gasteiger partial charge >= 0.3 is 6.03 Å². The van der Waals surface area contributed by atoms with Gasteiger partial charge in [0.2, 0.25) is 5.95 Å². The summed E-state index contributed by atoms with van der Waals surface area (Å²) in [5.74, 6) is 0.840. The van der Waals surface area contributed by atoms with Crippen molar-refractivity contribution in [2.45, 2.75) is 26.8 Å². The maximum Gasteiger partial charge on any atom is 0.335 e. The number of halogens is 2. The number of fused-ring (bicyclic) bond motifs is 2. The molecule has 5 aromatic rings. The molecule has 2 aliphatic rings. The lowest BCUT2D eigenvalue weighted by molar-refractivity contribution is 0.0656. The Balaban J connectivity index is 1.15. The number of amides is 4. The highest BCUT2D eigenvalue weighted by molar-refractivity contribution is 6.37. The van der Waals surface area contributed by atoms with Gasteiger partial charge in [-0.1, -0.05) is 61.3 Å². The number of carbonyl (C=O) groups excluding carboxylic acids is 3. The van der Waals surface area contributed by atoms with Crippen molar-refractivity contribution in [3.8, 4) is 5.75 Å². The molecule has 53 heavy (non-hydrogen) atoms. The Bertz CT molecular complexity index is 2140. The number of nitrogens with zero attached hydrogens (tertiary/aromatic N) is 6. The van der Waals surface area contributed by atoms with E-state index in [9.17, 15) is 14.4 Å². The normalized spacial score (nSPS) is 13.8. The smallest absolute Gasteiger partial charge is 0.335 e. The van der Waals surface area contributed by atoms with Crippen LogP contribution in [0.15, 0.2) is 97.2 Å². The van der Waals surface area contributed by atoms with Gasteiger partial charge in [-0.25, -0.2) is 14.7 Å². The van der Waals surface area contributed by atoms with Crippen LogP contribution in [-0.2, 0) is 13.0 Å². The van der Waals surface area contributed by atoms with Gasteiger partial charge < -0.3 is 15.0 Å². The Kier molecular flexibility index (Phi) is 10.6. The predicted molar refractivity (Wildman–Crippen MR) is 207 cm³/mol. The fourth-order valence-electron chi connectivity index (χ4n) is 6.46. The van der Waals surface area contributed by atoms with Crippen LogP contribution in [0.3, 0.4) is 0 Å². The summed E-state index contributed by atoms with van der Waals surface area (Å²) in [5.41, 5.74) is 4.10. The number of aromatic nitrogens is 2. The lowest BCUT2D eigenvalue weighted by atomic mass is 10.1. The Morgan fingerprint density at radius 3 is 2.30 bits per heavy atom. The second-order valence-corrected chi connectivity index (χ2v) is 13.4. The van der Waals surface area contributed by atoms with Gasteiger partial charge in [-0.15, -0.1) is 0 Å². The standard InChI is InChI=1S/C40H37Cl2N7O4/c1-3-46(4-2)20-21-53-31-15-13-29(14-16-31)44-39-43-24-27-25-48(35-17-12-28(41)23-34(35)42)40(52)49(36(27)45-39)30-9-7-8-26(22-30)18-19-47-37(50)32-10-5-6-11-33(32)38(47)51/h5-17,22-24H,3-4,18-21,25H2,1-2H3,(H,43,44,45). The summed E-state index contributed by atoms with van der Waals surface area (Å²) < 4.78 is 5.93. The van der Waals surface area contributed by atoms with Crippen molar-refractivity contribution in [3.63, 3.8) is 0 Å². The number of imide groups is 1. The number of anilines is 5. The Morgan fingerprint density at radius 2 is 1.60 bits per heavy atom. The van der Waals surface area contributed by atoms with E-state index in [1.165, 1.54) is 9.80 Å². The van der Waals surface area contributed by atoms with Crippen molar-refractivity contribution in [3.05, 3.63) is 129 Å². The zero-order valence-corrected chi connectivity index (χ0v) is 30.8. The van der Waals surface area contributed by atoms with Crippen LogP contribution in [0.2, 0.25) is 10.0 Å². The summed E-state index contributed by atoms with van der Waals surface area (Å²) >= 11 is 12.8.